The highest BCUT2D eigenvalue weighted by atomic mass is 16.4. The van der Waals surface area contributed by atoms with Crippen molar-refractivity contribution in [2.24, 2.45) is 5.92 Å². The molecule has 0 unspecified atom stereocenters. The standard InChI is InChI=1S/C18H22N4O3/c1-11-13(8-19)4-5-16(20-11)18(25)21-14-6-15(7-14)22(10-17(23)24)9-12-2-3-12/h4-5,12,14-15H,2-3,6-7,9-10H2,1H3,(H,21,25)(H,23,24). The summed E-state index contributed by atoms with van der Waals surface area (Å²) in [5, 5.41) is 20.9. The van der Waals surface area contributed by atoms with Crippen molar-refractivity contribution in [3.05, 3.63) is 29.1 Å². The van der Waals surface area contributed by atoms with E-state index in [2.05, 4.69) is 10.3 Å². The highest BCUT2D eigenvalue weighted by Crippen LogP contribution is 2.33. The Morgan fingerprint density at radius 3 is 2.68 bits per heavy atom. The summed E-state index contributed by atoms with van der Waals surface area (Å²) in [6.07, 6.45) is 3.90. The SMILES string of the molecule is Cc1nc(C(=O)NC2CC(N(CC(=O)O)CC3CC3)C2)ccc1C#N. The molecule has 7 nitrogen and oxygen atoms in total. The fraction of sp³-hybridized carbons (Fsp3) is 0.556. The molecule has 2 saturated carbocycles. The third-order valence-electron chi connectivity index (χ3n) is 4.93. The predicted molar refractivity (Wildman–Crippen MR) is 89.9 cm³/mol. The van der Waals surface area contributed by atoms with Crippen LogP contribution in [0, 0.1) is 24.2 Å². The first kappa shape index (κ1) is 17.4. The molecule has 0 bridgehead atoms. The van der Waals surface area contributed by atoms with Gasteiger partial charge in [-0.25, -0.2) is 4.98 Å². The molecule has 1 amide bonds. The number of hydrogen-bond acceptors (Lipinski definition) is 5. The summed E-state index contributed by atoms with van der Waals surface area (Å²) < 4.78 is 0. The van der Waals surface area contributed by atoms with Crippen LogP contribution in [0.2, 0.25) is 0 Å². The molecule has 7 heteroatoms. The topological polar surface area (TPSA) is 106 Å². The van der Waals surface area contributed by atoms with Crippen LogP contribution in [-0.2, 0) is 4.79 Å². The van der Waals surface area contributed by atoms with Crippen LogP contribution in [0.15, 0.2) is 12.1 Å². The molecule has 0 radical (unpaired) electrons. The van der Waals surface area contributed by atoms with Crippen LogP contribution >= 0.6 is 0 Å². The van der Waals surface area contributed by atoms with Crippen molar-refractivity contribution in [3.8, 4) is 6.07 Å². The lowest BCUT2D eigenvalue weighted by Crippen LogP contribution is -2.55. The van der Waals surface area contributed by atoms with E-state index >= 15 is 0 Å². The van der Waals surface area contributed by atoms with Gasteiger partial charge in [0.25, 0.3) is 5.91 Å². The molecule has 0 atom stereocenters. The smallest absolute Gasteiger partial charge is 0.317 e. The largest absolute Gasteiger partial charge is 0.480 e. The van der Waals surface area contributed by atoms with Crippen molar-refractivity contribution < 1.29 is 14.7 Å². The monoisotopic (exact) mass is 342 g/mol. The number of aliphatic carboxylic acids is 1. The molecule has 0 saturated heterocycles. The predicted octanol–water partition coefficient (Wildman–Crippen LogP) is 1.32. The molecule has 2 N–H and O–H groups in total. The van der Waals surface area contributed by atoms with Crippen molar-refractivity contribution in [1.29, 1.82) is 5.26 Å². The number of carbonyl (C=O) groups excluding carboxylic acids is 1. The molecule has 1 aromatic heterocycles. The van der Waals surface area contributed by atoms with E-state index in [0.717, 1.165) is 19.4 Å². The second-order valence-electron chi connectivity index (χ2n) is 7.00. The van der Waals surface area contributed by atoms with Gasteiger partial charge in [-0.05, 0) is 50.7 Å². The fourth-order valence-electron chi connectivity index (χ4n) is 3.22. The molecule has 1 aromatic rings. The third-order valence-corrected chi connectivity index (χ3v) is 4.93. The lowest BCUT2D eigenvalue weighted by molar-refractivity contribution is -0.139. The summed E-state index contributed by atoms with van der Waals surface area (Å²) in [7, 11) is 0. The van der Waals surface area contributed by atoms with E-state index < -0.39 is 5.97 Å². The van der Waals surface area contributed by atoms with E-state index in [1.165, 1.54) is 12.8 Å². The van der Waals surface area contributed by atoms with Gasteiger partial charge in [-0.1, -0.05) is 0 Å². The highest BCUT2D eigenvalue weighted by Gasteiger charge is 2.37. The van der Waals surface area contributed by atoms with E-state index in [4.69, 9.17) is 10.4 Å². The van der Waals surface area contributed by atoms with Crippen LogP contribution in [0.4, 0.5) is 0 Å². The Kier molecular flexibility index (Phi) is 5.00. The number of aryl methyl sites for hydroxylation is 1. The second-order valence-corrected chi connectivity index (χ2v) is 7.00. The molecule has 1 heterocycles. The van der Waals surface area contributed by atoms with E-state index in [1.807, 2.05) is 11.0 Å². The van der Waals surface area contributed by atoms with E-state index in [9.17, 15) is 9.59 Å². The van der Waals surface area contributed by atoms with Gasteiger partial charge < -0.3 is 10.4 Å². The Morgan fingerprint density at radius 1 is 1.40 bits per heavy atom. The molecule has 0 aromatic carbocycles. The molecular formula is C18H22N4O3. The summed E-state index contributed by atoms with van der Waals surface area (Å²) in [6.45, 7) is 2.61. The summed E-state index contributed by atoms with van der Waals surface area (Å²) in [6, 6.07) is 5.46. The number of nitriles is 1. The van der Waals surface area contributed by atoms with Gasteiger partial charge in [0.1, 0.15) is 11.8 Å². The highest BCUT2D eigenvalue weighted by molar-refractivity contribution is 5.92. The molecule has 3 rings (SSSR count). The van der Waals surface area contributed by atoms with E-state index in [-0.39, 0.29) is 24.5 Å². The maximum atomic E-state index is 12.3. The first-order valence-corrected chi connectivity index (χ1v) is 8.60. The van der Waals surface area contributed by atoms with Gasteiger partial charge in [-0.2, -0.15) is 5.26 Å². The van der Waals surface area contributed by atoms with Gasteiger partial charge in [0, 0.05) is 18.6 Å². The minimum absolute atomic E-state index is 0.0470. The summed E-state index contributed by atoms with van der Waals surface area (Å²) in [4.78, 5) is 29.5. The minimum Gasteiger partial charge on any atom is -0.480 e. The lowest BCUT2D eigenvalue weighted by Gasteiger charge is -2.42. The number of hydrogen-bond donors (Lipinski definition) is 2. The van der Waals surface area contributed by atoms with E-state index in [0.29, 0.717) is 22.9 Å². The van der Waals surface area contributed by atoms with Gasteiger partial charge in [0.05, 0.1) is 17.8 Å². The number of amides is 1. The Balaban J connectivity index is 1.52. The maximum absolute atomic E-state index is 12.3. The van der Waals surface area contributed by atoms with Crippen molar-refractivity contribution in [2.45, 2.75) is 44.7 Å². The van der Waals surface area contributed by atoms with Crippen LogP contribution in [0.1, 0.15) is 47.4 Å². The van der Waals surface area contributed by atoms with Crippen LogP contribution < -0.4 is 5.32 Å². The fourth-order valence-corrected chi connectivity index (χ4v) is 3.22. The van der Waals surface area contributed by atoms with Crippen molar-refractivity contribution >= 4 is 11.9 Å². The van der Waals surface area contributed by atoms with Crippen LogP contribution in [-0.4, -0.2) is 52.0 Å². The van der Waals surface area contributed by atoms with Gasteiger partial charge >= 0.3 is 5.97 Å². The van der Waals surface area contributed by atoms with Gasteiger partial charge in [-0.15, -0.1) is 0 Å². The maximum Gasteiger partial charge on any atom is 0.317 e. The number of rotatable bonds is 7. The van der Waals surface area contributed by atoms with Crippen molar-refractivity contribution in [1.82, 2.24) is 15.2 Å². The molecule has 2 aliphatic rings. The number of carbonyl (C=O) groups is 2. The molecule has 2 aliphatic carbocycles. The Hall–Kier alpha value is -2.46. The van der Waals surface area contributed by atoms with Gasteiger partial charge in [0.15, 0.2) is 0 Å². The van der Waals surface area contributed by atoms with Crippen LogP contribution in [0.3, 0.4) is 0 Å². The summed E-state index contributed by atoms with van der Waals surface area (Å²) in [5.74, 6) is -0.410. The van der Waals surface area contributed by atoms with Crippen LogP contribution in [0.5, 0.6) is 0 Å². The Morgan fingerprint density at radius 2 is 2.12 bits per heavy atom. The number of nitrogens with one attached hydrogen (secondary N) is 1. The number of aromatic nitrogens is 1. The third kappa shape index (κ3) is 4.34. The average molecular weight is 342 g/mol. The zero-order valence-corrected chi connectivity index (χ0v) is 14.2. The molecule has 0 spiro atoms. The van der Waals surface area contributed by atoms with Crippen molar-refractivity contribution in [3.63, 3.8) is 0 Å². The molecule has 25 heavy (non-hydrogen) atoms. The first-order valence-electron chi connectivity index (χ1n) is 8.60. The normalized spacial score (nSPS) is 22.1. The molecular weight excluding hydrogens is 320 g/mol. The zero-order chi connectivity index (χ0) is 18.0. The molecule has 2 fully saturated rings. The number of carboxylic acid groups (broad SMARTS) is 1. The van der Waals surface area contributed by atoms with Gasteiger partial charge in [-0.3, -0.25) is 14.5 Å². The van der Waals surface area contributed by atoms with Crippen molar-refractivity contribution in [2.75, 3.05) is 13.1 Å². The summed E-state index contributed by atoms with van der Waals surface area (Å²) >= 11 is 0. The Labute approximate surface area is 146 Å². The number of nitrogens with zero attached hydrogens (tertiary/aromatic N) is 3. The average Bonchev–Trinajstić information content (AvgIpc) is 3.33. The van der Waals surface area contributed by atoms with E-state index in [1.54, 1.807) is 19.1 Å². The number of pyridine rings is 1. The van der Waals surface area contributed by atoms with Gasteiger partial charge in [0.2, 0.25) is 0 Å². The number of carboxylic acids is 1. The first-order chi connectivity index (χ1) is 12.0. The quantitative estimate of drug-likeness (QED) is 0.774. The second kappa shape index (κ2) is 7.19. The Bertz CT molecular complexity index is 718. The zero-order valence-electron chi connectivity index (χ0n) is 14.2. The van der Waals surface area contributed by atoms with Crippen LogP contribution in [0.25, 0.3) is 0 Å². The lowest BCUT2D eigenvalue weighted by atomic mass is 9.85. The molecule has 0 aliphatic heterocycles. The summed E-state index contributed by atoms with van der Waals surface area (Å²) in [5.41, 5.74) is 1.31. The minimum atomic E-state index is -0.801. The molecule has 132 valence electrons.